The van der Waals surface area contributed by atoms with Gasteiger partial charge in [-0.2, -0.15) is 4.91 Å². The number of Topliss-reactive ketones (excluding diaryl/α,β-unsaturated/α-hetero) is 1. The van der Waals surface area contributed by atoms with E-state index in [4.69, 9.17) is 4.74 Å². The van der Waals surface area contributed by atoms with Crippen molar-refractivity contribution >= 4 is 22.7 Å². The average Bonchev–Trinajstić information content (AvgIpc) is 3.11. The number of carbonyl (C=O) groups excluding carboxylic acids is 2. The Balaban J connectivity index is 1.68. The summed E-state index contributed by atoms with van der Waals surface area (Å²) in [4.78, 5) is 36.2. The lowest BCUT2D eigenvalue weighted by atomic mass is 9.97. The lowest BCUT2D eigenvalue weighted by molar-refractivity contribution is -0.140. The van der Waals surface area contributed by atoms with E-state index in [1.165, 1.54) is 7.11 Å². The smallest absolute Gasteiger partial charge is 0.305 e. The van der Waals surface area contributed by atoms with Gasteiger partial charge in [0.15, 0.2) is 5.78 Å². The van der Waals surface area contributed by atoms with Gasteiger partial charge in [-0.25, -0.2) is 0 Å². The molecule has 0 spiro atoms. The maximum Gasteiger partial charge on any atom is 0.305 e. The van der Waals surface area contributed by atoms with Gasteiger partial charge in [0.25, 0.3) is 0 Å². The zero-order valence-electron chi connectivity index (χ0n) is 21.3. The highest BCUT2D eigenvalue weighted by molar-refractivity contribution is 6.09. The molecule has 0 N–H and O–H groups in total. The van der Waals surface area contributed by atoms with Crippen LogP contribution in [0.15, 0.2) is 47.6 Å². The first kappa shape index (κ1) is 26.3. The predicted octanol–water partition coefficient (Wildman–Crippen LogP) is 6.93. The third kappa shape index (κ3) is 6.65. The van der Waals surface area contributed by atoms with Gasteiger partial charge in [0.2, 0.25) is 0 Å². The SMILES string of the molecule is COC(=O)CCCC(=O)c1c(CCCCCC(N=O)c2cccc(C)c2)n(C)c2ccc(C)cc12. The fourth-order valence-corrected chi connectivity index (χ4v) is 4.80. The Labute approximate surface area is 207 Å². The second-order valence-electron chi connectivity index (χ2n) is 9.39. The lowest BCUT2D eigenvalue weighted by Crippen LogP contribution is -2.07. The number of hydrogen-bond donors (Lipinski definition) is 0. The molecule has 6 nitrogen and oxygen atoms in total. The number of ether oxygens (including phenoxy) is 1. The van der Waals surface area contributed by atoms with E-state index in [0.717, 1.165) is 71.0 Å². The monoisotopic (exact) mass is 476 g/mol. The average molecular weight is 477 g/mol. The summed E-state index contributed by atoms with van der Waals surface area (Å²) in [6.07, 6.45) is 5.32. The van der Waals surface area contributed by atoms with Gasteiger partial charge in [0.05, 0.1) is 7.11 Å². The Morgan fingerprint density at radius 2 is 1.74 bits per heavy atom. The summed E-state index contributed by atoms with van der Waals surface area (Å²) in [5.41, 5.74) is 6.09. The molecule has 3 rings (SSSR count). The molecule has 0 aliphatic heterocycles. The summed E-state index contributed by atoms with van der Waals surface area (Å²) in [5.74, 6) is -0.217. The van der Waals surface area contributed by atoms with Crippen molar-refractivity contribution in [2.24, 2.45) is 12.2 Å². The van der Waals surface area contributed by atoms with Crippen LogP contribution < -0.4 is 0 Å². The second kappa shape index (κ2) is 12.4. The lowest BCUT2D eigenvalue weighted by Gasteiger charge is -2.11. The molecule has 0 bridgehead atoms. The Morgan fingerprint density at radius 1 is 0.971 bits per heavy atom. The van der Waals surface area contributed by atoms with Crippen molar-refractivity contribution in [3.8, 4) is 0 Å². The number of rotatable bonds is 13. The molecular formula is C29H36N2O4. The van der Waals surface area contributed by atoms with Crippen molar-refractivity contribution in [1.82, 2.24) is 4.57 Å². The zero-order valence-corrected chi connectivity index (χ0v) is 21.3. The van der Waals surface area contributed by atoms with E-state index < -0.39 is 0 Å². The minimum Gasteiger partial charge on any atom is -0.469 e. The van der Waals surface area contributed by atoms with Crippen molar-refractivity contribution in [1.29, 1.82) is 0 Å². The highest BCUT2D eigenvalue weighted by Gasteiger charge is 2.21. The molecular weight excluding hydrogens is 440 g/mol. The van der Waals surface area contributed by atoms with Crippen LogP contribution in [0.4, 0.5) is 0 Å². The molecule has 0 amide bonds. The number of benzene rings is 2. The molecule has 2 aromatic carbocycles. The van der Waals surface area contributed by atoms with E-state index >= 15 is 0 Å². The molecule has 35 heavy (non-hydrogen) atoms. The maximum atomic E-state index is 13.3. The van der Waals surface area contributed by atoms with Crippen molar-refractivity contribution in [2.45, 2.75) is 71.3 Å². The fraction of sp³-hybridized carbons (Fsp3) is 0.448. The minimum absolute atomic E-state index is 0.0739. The maximum absolute atomic E-state index is 13.3. The summed E-state index contributed by atoms with van der Waals surface area (Å²) in [7, 11) is 3.38. The van der Waals surface area contributed by atoms with Crippen LogP contribution in [0.1, 0.15) is 83.7 Å². The fourth-order valence-electron chi connectivity index (χ4n) is 4.80. The summed E-state index contributed by atoms with van der Waals surface area (Å²) in [6.45, 7) is 4.05. The number of methoxy groups -OCH3 is 1. The van der Waals surface area contributed by atoms with Crippen molar-refractivity contribution < 1.29 is 14.3 Å². The molecule has 0 saturated heterocycles. The van der Waals surface area contributed by atoms with Crippen LogP contribution >= 0.6 is 0 Å². The minimum atomic E-state index is -0.317. The largest absolute Gasteiger partial charge is 0.469 e. The third-order valence-corrected chi connectivity index (χ3v) is 6.71. The molecule has 0 saturated carbocycles. The predicted molar refractivity (Wildman–Crippen MR) is 140 cm³/mol. The molecule has 0 fully saturated rings. The summed E-state index contributed by atoms with van der Waals surface area (Å²) < 4.78 is 6.84. The molecule has 186 valence electrons. The van der Waals surface area contributed by atoms with Crippen LogP contribution in [0.2, 0.25) is 0 Å². The normalized spacial score (nSPS) is 12.0. The van der Waals surface area contributed by atoms with Gasteiger partial charge >= 0.3 is 5.97 Å². The van der Waals surface area contributed by atoms with Gasteiger partial charge in [-0.3, -0.25) is 9.59 Å². The van der Waals surface area contributed by atoms with Gasteiger partial charge in [-0.1, -0.05) is 59.5 Å². The third-order valence-electron chi connectivity index (χ3n) is 6.71. The molecule has 1 unspecified atom stereocenters. The number of unbranched alkanes of at least 4 members (excludes halogenated alkanes) is 2. The molecule has 6 heteroatoms. The molecule has 0 aliphatic rings. The van der Waals surface area contributed by atoms with Gasteiger partial charge in [0, 0.05) is 42.0 Å². The Hall–Kier alpha value is -3.28. The van der Waals surface area contributed by atoms with Crippen molar-refractivity contribution in [2.75, 3.05) is 7.11 Å². The summed E-state index contributed by atoms with van der Waals surface area (Å²) in [6, 6.07) is 13.9. The van der Waals surface area contributed by atoms with E-state index in [2.05, 4.69) is 27.9 Å². The van der Waals surface area contributed by atoms with Gasteiger partial charge in [-0.05, 0) is 57.2 Å². The van der Waals surface area contributed by atoms with E-state index in [1.807, 2.05) is 45.2 Å². The topological polar surface area (TPSA) is 77.7 Å². The highest BCUT2D eigenvalue weighted by atomic mass is 16.5. The van der Waals surface area contributed by atoms with E-state index in [-0.39, 0.29) is 24.2 Å². The van der Waals surface area contributed by atoms with Gasteiger partial charge in [-0.15, -0.1) is 0 Å². The highest BCUT2D eigenvalue weighted by Crippen LogP contribution is 2.30. The van der Waals surface area contributed by atoms with Crippen LogP contribution in [-0.2, 0) is 23.0 Å². The number of hydrogen-bond acceptors (Lipinski definition) is 5. The second-order valence-corrected chi connectivity index (χ2v) is 9.39. The van der Waals surface area contributed by atoms with Crippen LogP contribution in [0.3, 0.4) is 0 Å². The first-order chi connectivity index (χ1) is 16.8. The number of aryl methyl sites for hydroxylation is 3. The Kier molecular flexibility index (Phi) is 9.35. The number of nitrogens with zero attached hydrogens (tertiary/aromatic N) is 2. The number of nitroso groups, excluding NO2 is 1. The number of carbonyl (C=O) groups is 2. The quantitative estimate of drug-likeness (QED) is 0.116. The molecule has 3 aromatic rings. The van der Waals surface area contributed by atoms with Gasteiger partial charge < -0.3 is 9.30 Å². The number of aromatic nitrogens is 1. The number of ketones is 1. The first-order valence-corrected chi connectivity index (χ1v) is 12.4. The van der Waals surface area contributed by atoms with Crippen LogP contribution in [0.5, 0.6) is 0 Å². The van der Waals surface area contributed by atoms with Crippen LogP contribution in [0.25, 0.3) is 10.9 Å². The van der Waals surface area contributed by atoms with Gasteiger partial charge in [0.1, 0.15) is 6.04 Å². The Bertz CT molecular complexity index is 1190. The number of esters is 1. The first-order valence-electron chi connectivity index (χ1n) is 12.4. The number of fused-ring (bicyclic) bond motifs is 1. The Morgan fingerprint density at radius 3 is 2.46 bits per heavy atom. The van der Waals surface area contributed by atoms with Crippen LogP contribution in [-0.4, -0.2) is 23.4 Å². The van der Waals surface area contributed by atoms with Crippen molar-refractivity contribution in [3.05, 3.63) is 75.3 Å². The summed E-state index contributed by atoms with van der Waals surface area (Å²) in [5, 5.41) is 4.34. The molecule has 0 aliphatic carbocycles. The van der Waals surface area contributed by atoms with E-state index in [0.29, 0.717) is 12.8 Å². The van der Waals surface area contributed by atoms with Crippen molar-refractivity contribution in [3.63, 3.8) is 0 Å². The zero-order chi connectivity index (χ0) is 25.4. The van der Waals surface area contributed by atoms with E-state index in [9.17, 15) is 14.5 Å². The molecule has 1 heterocycles. The molecule has 1 atom stereocenters. The standard InChI is InChI=1S/C29H36N2O4/c1-20-10-8-11-22(18-20)24(30-34)12-6-5-7-13-26-29(27(32)14-9-15-28(33)35-4)23-19-21(2)16-17-25(23)31(26)3/h8,10-11,16-19,24H,5-7,9,12-15H2,1-4H3. The molecule has 0 radical (unpaired) electrons. The van der Waals surface area contributed by atoms with Crippen LogP contribution in [0, 0.1) is 18.8 Å². The summed E-state index contributed by atoms with van der Waals surface area (Å²) >= 11 is 0. The van der Waals surface area contributed by atoms with E-state index in [1.54, 1.807) is 0 Å². The molecule has 1 aromatic heterocycles.